The second-order valence-electron chi connectivity index (χ2n) is 3.97. The fraction of sp³-hybridized carbons (Fsp3) is 0.636. The van der Waals surface area contributed by atoms with Gasteiger partial charge in [0.1, 0.15) is 5.76 Å². The largest absolute Gasteiger partial charge is 0.361 e. The fourth-order valence-corrected chi connectivity index (χ4v) is 1.54. The number of hydrogen-bond acceptors (Lipinski definition) is 4. The Hall–Kier alpha value is -1.07. The topological polar surface area (TPSA) is 81.1 Å². The van der Waals surface area contributed by atoms with E-state index in [0.29, 0.717) is 18.0 Å². The highest BCUT2D eigenvalue weighted by Gasteiger charge is 2.27. The minimum Gasteiger partial charge on any atom is -0.361 e. The molecule has 0 radical (unpaired) electrons. The maximum absolute atomic E-state index is 11.9. The average Bonchev–Trinajstić information content (AvgIpc) is 2.73. The summed E-state index contributed by atoms with van der Waals surface area (Å²) in [6, 6.07) is 1.61. The summed E-state index contributed by atoms with van der Waals surface area (Å²) in [7, 11) is 0. The molecule has 0 aliphatic carbocycles. The van der Waals surface area contributed by atoms with Crippen LogP contribution < -0.4 is 11.1 Å². The van der Waals surface area contributed by atoms with Gasteiger partial charge in [-0.15, -0.1) is 12.4 Å². The Balaban J connectivity index is 0.00000256. The molecule has 0 unspecified atom stereocenters. The van der Waals surface area contributed by atoms with Gasteiger partial charge in [0.05, 0.1) is 5.54 Å². The van der Waals surface area contributed by atoms with E-state index < -0.39 is 0 Å². The van der Waals surface area contributed by atoms with Crippen LogP contribution >= 0.6 is 12.4 Å². The number of nitrogens with two attached hydrogens (primary N) is 1. The van der Waals surface area contributed by atoms with Crippen molar-refractivity contribution in [2.75, 3.05) is 6.54 Å². The van der Waals surface area contributed by atoms with E-state index in [1.54, 1.807) is 13.0 Å². The molecule has 3 N–H and O–H groups in total. The zero-order chi connectivity index (χ0) is 12.2. The lowest BCUT2D eigenvalue weighted by Crippen LogP contribution is -2.52. The minimum absolute atomic E-state index is 0. The summed E-state index contributed by atoms with van der Waals surface area (Å²) in [5.74, 6) is 0.391. The zero-order valence-corrected chi connectivity index (χ0v) is 11.3. The smallest absolute Gasteiger partial charge is 0.273 e. The standard InChI is InChI=1S/C11H19N3O2.ClH/c1-4-11(5-2,7-12)13-10(15)9-6-8(3)16-14-9;/h6H,4-5,7,12H2,1-3H3,(H,13,15);1H. The van der Waals surface area contributed by atoms with Crippen molar-refractivity contribution in [1.29, 1.82) is 0 Å². The van der Waals surface area contributed by atoms with E-state index in [9.17, 15) is 4.79 Å². The predicted molar refractivity (Wildman–Crippen MR) is 68.3 cm³/mol. The Kier molecular flexibility index (Phi) is 6.20. The summed E-state index contributed by atoms with van der Waals surface area (Å²) in [5, 5.41) is 6.60. The lowest BCUT2D eigenvalue weighted by atomic mass is 9.93. The van der Waals surface area contributed by atoms with E-state index >= 15 is 0 Å². The molecule has 6 heteroatoms. The number of amides is 1. The van der Waals surface area contributed by atoms with Gasteiger partial charge in [-0.05, 0) is 19.8 Å². The number of nitrogens with zero attached hydrogens (tertiary/aromatic N) is 1. The molecular formula is C11H20ClN3O2. The summed E-state index contributed by atoms with van der Waals surface area (Å²) in [5.41, 5.74) is 5.66. The Morgan fingerprint density at radius 1 is 1.53 bits per heavy atom. The third-order valence-corrected chi connectivity index (χ3v) is 2.98. The number of hydrogen-bond donors (Lipinski definition) is 2. The number of halogens is 1. The highest BCUT2D eigenvalue weighted by atomic mass is 35.5. The Bertz CT molecular complexity index is 353. The van der Waals surface area contributed by atoms with Crippen molar-refractivity contribution in [3.8, 4) is 0 Å². The second kappa shape index (κ2) is 6.61. The lowest BCUT2D eigenvalue weighted by Gasteiger charge is -2.30. The molecule has 0 saturated heterocycles. The Morgan fingerprint density at radius 2 is 2.12 bits per heavy atom. The lowest BCUT2D eigenvalue weighted by molar-refractivity contribution is 0.0886. The average molecular weight is 262 g/mol. The molecule has 0 aromatic carbocycles. The molecular weight excluding hydrogens is 242 g/mol. The van der Waals surface area contributed by atoms with Gasteiger partial charge in [0.25, 0.3) is 5.91 Å². The normalized spacial score (nSPS) is 10.8. The van der Waals surface area contributed by atoms with Crippen LogP contribution in [0.5, 0.6) is 0 Å². The second-order valence-corrected chi connectivity index (χ2v) is 3.97. The van der Waals surface area contributed by atoms with Crippen LogP contribution in [-0.4, -0.2) is 23.1 Å². The third-order valence-electron chi connectivity index (χ3n) is 2.98. The van der Waals surface area contributed by atoms with Crippen LogP contribution in [-0.2, 0) is 0 Å². The van der Waals surface area contributed by atoms with Crippen LogP contribution in [0.3, 0.4) is 0 Å². The van der Waals surface area contributed by atoms with Crippen molar-refractivity contribution in [3.05, 3.63) is 17.5 Å². The molecule has 5 nitrogen and oxygen atoms in total. The summed E-state index contributed by atoms with van der Waals surface area (Å²) in [4.78, 5) is 11.9. The molecule has 1 aromatic rings. The van der Waals surface area contributed by atoms with Crippen molar-refractivity contribution in [2.24, 2.45) is 5.73 Å². The van der Waals surface area contributed by atoms with Crippen molar-refractivity contribution in [1.82, 2.24) is 10.5 Å². The maximum Gasteiger partial charge on any atom is 0.273 e. The molecule has 1 heterocycles. The quantitative estimate of drug-likeness (QED) is 0.845. The third kappa shape index (κ3) is 3.71. The van der Waals surface area contributed by atoms with Gasteiger partial charge >= 0.3 is 0 Å². The van der Waals surface area contributed by atoms with Crippen LogP contribution in [0, 0.1) is 6.92 Å². The maximum atomic E-state index is 11.9. The molecule has 1 aromatic heterocycles. The Morgan fingerprint density at radius 3 is 2.47 bits per heavy atom. The number of carbonyl (C=O) groups excluding carboxylic acids is 1. The fourth-order valence-electron chi connectivity index (χ4n) is 1.54. The van der Waals surface area contributed by atoms with E-state index in [-0.39, 0.29) is 23.9 Å². The van der Waals surface area contributed by atoms with Gasteiger partial charge in [-0.3, -0.25) is 4.79 Å². The first-order valence-electron chi connectivity index (χ1n) is 5.52. The minimum atomic E-state index is -0.343. The summed E-state index contributed by atoms with van der Waals surface area (Å²) >= 11 is 0. The highest BCUT2D eigenvalue weighted by molar-refractivity contribution is 5.92. The van der Waals surface area contributed by atoms with E-state index in [0.717, 1.165) is 12.8 Å². The van der Waals surface area contributed by atoms with Crippen LogP contribution in [0.1, 0.15) is 42.9 Å². The summed E-state index contributed by atoms with van der Waals surface area (Å²) < 4.78 is 4.86. The van der Waals surface area contributed by atoms with Gasteiger partial charge in [0.2, 0.25) is 0 Å². The van der Waals surface area contributed by atoms with Crippen molar-refractivity contribution in [3.63, 3.8) is 0 Å². The molecule has 0 saturated carbocycles. The van der Waals surface area contributed by atoms with Crippen LogP contribution in [0.2, 0.25) is 0 Å². The number of aryl methyl sites for hydroxylation is 1. The first-order chi connectivity index (χ1) is 7.56. The molecule has 0 spiro atoms. The SMILES string of the molecule is CCC(CC)(CN)NC(=O)c1cc(C)on1.Cl. The van der Waals surface area contributed by atoms with E-state index in [1.165, 1.54) is 0 Å². The summed E-state index contributed by atoms with van der Waals surface area (Å²) in [6.45, 7) is 6.18. The van der Waals surface area contributed by atoms with E-state index in [2.05, 4.69) is 10.5 Å². The molecule has 1 amide bonds. The van der Waals surface area contributed by atoms with Gasteiger partial charge in [-0.25, -0.2) is 0 Å². The van der Waals surface area contributed by atoms with Gasteiger partial charge in [-0.2, -0.15) is 0 Å². The van der Waals surface area contributed by atoms with Crippen molar-refractivity contribution in [2.45, 2.75) is 39.2 Å². The molecule has 98 valence electrons. The number of rotatable bonds is 5. The first-order valence-corrected chi connectivity index (χ1v) is 5.52. The van der Waals surface area contributed by atoms with E-state index in [1.807, 2.05) is 13.8 Å². The zero-order valence-electron chi connectivity index (χ0n) is 10.4. The molecule has 1 rings (SSSR count). The van der Waals surface area contributed by atoms with Crippen molar-refractivity contribution < 1.29 is 9.32 Å². The van der Waals surface area contributed by atoms with Crippen LogP contribution in [0.15, 0.2) is 10.6 Å². The molecule has 0 aliphatic rings. The molecule has 0 aliphatic heterocycles. The highest BCUT2D eigenvalue weighted by Crippen LogP contribution is 2.14. The number of nitrogens with one attached hydrogen (secondary N) is 1. The predicted octanol–water partition coefficient (Wildman–Crippen LogP) is 1.65. The van der Waals surface area contributed by atoms with Gasteiger partial charge in [0.15, 0.2) is 5.69 Å². The Labute approximate surface area is 108 Å². The molecule has 0 bridgehead atoms. The van der Waals surface area contributed by atoms with Gasteiger partial charge < -0.3 is 15.6 Å². The summed E-state index contributed by atoms with van der Waals surface area (Å²) in [6.07, 6.45) is 1.59. The van der Waals surface area contributed by atoms with Crippen molar-refractivity contribution >= 4 is 18.3 Å². The van der Waals surface area contributed by atoms with Crippen LogP contribution in [0.25, 0.3) is 0 Å². The molecule has 0 fully saturated rings. The number of carbonyl (C=O) groups is 1. The van der Waals surface area contributed by atoms with E-state index in [4.69, 9.17) is 10.3 Å². The number of aromatic nitrogens is 1. The first kappa shape index (κ1) is 15.9. The van der Waals surface area contributed by atoms with Gasteiger partial charge in [0, 0.05) is 12.6 Å². The molecule has 0 atom stereocenters. The van der Waals surface area contributed by atoms with Gasteiger partial charge in [-0.1, -0.05) is 19.0 Å². The molecule has 17 heavy (non-hydrogen) atoms. The monoisotopic (exact) mass is 261 g/mol. The van der Waals surface area contributed by atoms with Crippen LogP contribution in [0.4, 0.5) is 0 Å².